The van der Waals surface area contributed by atoms with Gasteiger partial charge in [0.1, 0.15) is 6.61 Å². The van der Waals surface area contributed by atoms with E-state index in [0.717, 1.165) is 109 Å². The van der Waals surface area contributed by atoms with E-state index in [9.17, 15) is 19.0 Å². The molecule has 0 saturated heterocycles. The van der Waals surface area contributed by atoms with E-state index in [0.29, 0.717) is 6.42 Å². The van der Waals surface area contributed by atoms with Crippen molar-refractivity contribution in [3.8, 4) is 0 Å². The molecule has 0 aromatic heterocycles. The van der Waals surface area contributed by atoms with Gasteiger partial charge in [-0.2, -0.15) is 0 Å². The highest BCUT2D eigenvalue weighted by Gasteiger charge is 2.26. The van der Waals surface area contributed by atoms with Gasteiger partial charge < -0.3 is 20.1 Å². The van der Waals surface area contributed by atoms with Crippen molar-refractivity contribution < 1.29 is 37.6 Å². The molecule has 0 bridgehead atoms. The van der Waals surface area contributed by atoms with Crippen LogP contribution >= 0.6 is 7.82 Å². The van der Waals surface area contributed by atoms with Gasteiger partial charge in [-0.25, -0.2) is 4.57 Å². The lowest BCUT2D eigenvalue weighted by Gasteiger charge is -2.19. The van der Waals surface area contributed by atoms with Gasteiger partial charge in [-0.3, -0.25) is 18.6 Å². The molecule has 9 nitrogen and oxygen atoms in total. The van der Waals surface area contributed by atoms with Gasteiger partial charge in [0.15, 0.2) is 6.10 Å². The van der Waals surface area contributed by atoms with Crippen molar-refractivity contribution in [3.63, 3.8) is 0 Å². The fourth-order valence-electron chi connectivity index (χ4n) is 7.54. The van der Waals surface area contributed by atoms with Gasteiger partial charge in [0, 0.05) is 19.4 Å². The smallest absolute Gasteiger partial charge is 0.462 e. The van der Waals surface area contributed by atoms with Crippen LogP contribution in [0, 0.1) is 0 Å². The Bertz CT molecular complexity index is 1530. The fraction of sp³-hybridized carbons (Fsp3) is 0.672. The number of nitrogens with two attached hydrogens (primary N) is 1. The van der Waals surface area contributed by atoms with E-state index >= 15 is 0 Å². The molecule has 3 N–H and O–H groups in total. The Morgan fingerprint density at radius 3 is 1.08 bits per heavy atom. The molecule has 2 unspecified atom stereocenters. The molecule has 10 heteroatoms. The van der Waals surface area contributed by atoms with E-state index in [1.54, 1.807) is 0 Å². The summed E-state index contributed by atoms with van der Waals surface area (Å²) in [5, 5.41) is 0. The van der Waals surface area contributed by atoms with Crippen molar-refractivity contribution in [1.29, 1.82) is 0 Å². The van der Waals surface area contributed by atoms with Gasteiger partial charge >= 0.3 is 19.8 Å². The molecule has 0 rings (SSSR count). The maximum absolute atomic E-state index is 12.7. The fourth-order valence-corrected chi connectivity index (χ4v) is 8.30. The Balaban J connectivity index is 4.00. The van der Waals surface area contributed by atoms with Crippen molar-refractivity contribution in [2.75, 3.05) is 26.4 Å². The number of unbranched alkanes of at least 4 members (excludes halogenated alkanes) is 21. The number of carbonyl (C=O) groups is 2. The minimum atomic E-state index is -4.40. The molecular formula is C61H104NO8P. The number of rotatable bonds is 52. The van der Waals surface area contributed by atoms with Crippen LogP contribution in [-0.2, 0) is 32.7 Å². The van der Waals surface area contributed by atoms with Crippen molar-refractivity contribution >= 4 is 19.8 Å². The summed E-state index contributed by atoms with van der Waals surface area (Å²) in [4.78, 5) is 35.2. The molecule has 0 aliphatic carbocycles. The summed E-state index contributed by atoms with van der Waals surface area (Å²) in [5.41, 5.74) is 5.38. The topological polar surface area (TPSA) is 134 Å². The van der Waals surface area contributed by atoms with Crippen molar-refractivity contribution in [2.45, 2.75) is 238 Å². The second-order valence-electron chi connectivity index (χ2n) is 18.4. The van der Waals surface area contributed by atoms with E-state index < -0.39 is 26.5 Å². The molecule has 2 atom stereocenters. The summed E-state index contributed by atoms with van der Waals surface area (Å²) in [6.45, 7) is 3.50. The molecule has 0 spiro atoms. The normalized spacial score (nSPS) is 13.9. The van der Waals surface area contributed by atoms with Gasteiger partial charge in [-0.05, 0) is 96.3 Å². The van der Waals surface area contributed by atoms with Crippen LogP contribution in [-0.4, -0.2) is 49.3 Å². The van der Waals surface area contributed by atoms with E-state index in [2.05, 4.69) is 123 Å². The van der Waals surface area contributed by atoms with Crippen LogP contribution in [0.1, 0.15) is 232 Å². The van der Waals surface area contributed by atoms with Crippen LogP contribution in [0.5, 0.6) is 0 Å². The molecule has 0 fully saturated rings. The zero-order chi connectivity index (χ0) is 51.7. The first-order chi connectivity index (χ1) is 34.8. The SMILES string of the molecule is CC/C=C\C/C=C\C/C=C\C/C=C\C/C=C\CCCCCCCC(=O)OC(COC(=O)CCCCCCCCCCCCCCCCCC/C=C\C/C=C\C/C=C\C/C=C\CC)COP(=O)(O)OCCN. The van der Waals surface area contributed by atoms with Crippen molar-refractivity contribution in [3.05, 3.63) is 109 Å². The van der Waals surface area contributed by atoms with Crippen LogP contribution in [0.25, 0.3) is 0 Å². The Hall–Kier alpha value is -3.33. The lowest BCUT2D eigenvalue weighted by atomic mass is 10.0. The molecule has 0 aromatic rings. The van der Waals surface area contributed by atoms with Crippen molar-refractivity contribution in [1.82, 2.24) is 0 Å². The average molecular weight is 1010 g/mol. The van der Waals surface area contributed by atoms with Gasteiger partial charge in [0.05, 0.1) is 13.2 Å². The highest BCUT2D eigenvalue weighted by Crippen LogP contribution is 2.43. The number of phosphoric acid groups is 1. The summed E-state index contributed by atoms with van der Waals surface area (Å²) in [7, 11) is -4.40. The van der Waals surface area contributed by atoms with Crippen LogP contribution in [0.2, 0.25) is 0 Å². The Labute approximate surface area is 435 Å². The Morgan fingerprint density at radius 2 is 0.732 bits per heavy atom. The zero-order valence-corrected chi connectivity index (χ0v) is 46.1. The summed E-state index contributed by atoms with van der Waals surface area (Å²) >= 11 is 0. The zero-order valence-electron chi connectivity index (χ0n) is 45.2. The minimum Gasteiger partial charge on any atom is -0.462 e. The largest absolute Gasteiger partial charge is 0.472 e. The first kappa shape index (κ1) is 67.7. The van der Waals surface area contributed by atoms with E-state index in [4.69, 9.17) is 24.3 Å². The number of allylic oxidation sites excluding steroid dienone is 18. The number of hydrogen-bond acceptors (Lipinski definition) is 8. The third kappa shape index (κ3) is 55.8. The Morgan fingerprint density at radius 1 is 0.423 bits per heavy atom. The standard InChI is InChI=1S/C61H104NO8P/c1-3-5-7-9-11-13-15-17-19-21-23-25-26-27-28-29-30-31-32-34-35-37-39-41-43-45-47-49-51-53-60(63)67-57-59(58-69-71(65,66)68-56-55-62)70-61(64)54-52-50-48-46-44-42-40-38-36-33-24-22-20-18-16-14-12-10-8-6-4-2/h5-8,11-14,17-20,23-25,33,38,40,59H,3-4,9-10,15-16,21-22,26-32,34-37,39,41-58,62H2,1-2H3,(H,65,66)/b7-5-,8-6-,13-11-,14-12-,19-17-,20-18-,25-23-,33-24-,40-38-. The molecule has 0 heterocycles. The highest BCUT2D eigenvalue weighted by molar-refractivity contribution is 7.47. The van der Waals surface area contributed by atoms with Gasteiger partial charge in [0.25, 0.3) is 0 Å². The lowest BCUT2D eigenvalue weighted by Crippen LogP contribution is -2.29. The highest BCUT2D eigenvalue weighted by atomic mass is 31.2. The molecule has 0 aliphatic heterocycles. The van der Waals surface area contributed by atoms with Crippen molar-refractivity contribution in [2.24, 2.45) is 5.73 Å². The summed E-state index contributed by atoms with van der Waals surface area (Å²) < 4.78 is 33.0. The predicted octanol–water partition coefficient (Wildman–Crippen LogP) is 17.8. The van der Waals surface area contributed by atoms with E-state index in [-0.39, 0.29) is 38.6 Å². The number of phosphoric ester groups is 1. The molecule has 0 saturated carbocycles. The molecule has 0 amide bonds. The predicted molar refractivity (Wildman–Crippen MR) is 302 cm³/mol. The molecule has 71 heavy (non-hydrogen) atoms. The third-order valence-corrected chi connectivity index (χ3v) is 12.6. The molecule has 0 aliphatic rings. The monoisotopic (exact) mass is 1010 g/mol. The van der Waals surface area contributed by atoms with E-state index in [1.807, 2.05) is 0 Å². The molecule has 0 aromatic carbocycles. The maximum Gasteiger partial charge on any atom is 0.472 e. The first-order valence-corrected chi connectivity index (χ1v) is 29.9. The van der Waals surface area contributed by atoms with Crippen LogP contribution in [0.4, 0.5) is 0 Å². The number of esters is 2. The number of hydrogen-bond donors (Lipinski definition) is 2. The second kappa shape index (κ2) is 56.0. The molecule has 406 valence electrons. The first-order valence-electron chi connectivity index (χ1n) is 28.4. The Kier molecular flexibility index (Phi) is 53.3. The lowest BCUT2D eigenvalue weighted by molar-refractivity contribution is -0.161. The van der Waals surface area contributed by atoms with Crippen LogP contribution in [0.15, 0.2) is 109 Å². The van der Waals surface area contributed by atoms with Crippen LogP contribution in [0.3, 0.4) is 0 Å². The molecular weight excluding hydrogens is 906 g/mol. The third-order valence-electron chi connectivity index (χ3n) is 11.7. The quantitative estimate of drug-likeness (QED) is 0.0264. The molecule has 0 radical (unpaired) electrons. The summed E-state index contributed by atoms with van der Waals surface area (Å²) in [6.07, 6.45) is 75.7. The van der Waals surface area contributed by atoms with Gasteiger partial charge in [-0.1, -0.05) is 232 Å². The maximum atomic E-state index is 12.7. The summed E-state index contributed by atoms with van der Waals surface area (Å²) in [6, 6.07) is 0. The van der Waals surface area contributed by atoms with Gasteiger partial charge in [-0.15, -0.1) is 0 Å². The van der Waals surface area contributed by atoms with Crippen LogP contribution < -0.4 is 5.73 Å². The number of carbonyl (C=O) groups excluding carboxylic acids is 2. The van der Waals surface area contributed by atoms with E-state index in [1.165, 1.54) is 89.9 Å². The summed E-state index contributed by atoms with van der Waals surface area (Å²) in [5.74, 6) is -0.852. The average Bonchev–Trinajstić information content (AvgIpc) is 3.36. The van der Waals surface area contributed by atoms with Gasteiger partial charge in [0.2, 0.25) is 0 Å². The second-order valence-corrected chi connectivity index (χ2v) is 19.8. The number of ether oxygens (including phenoxy) is 2. The minimum absolute atomic E-state index is 0.0451.